The summed E-state index contributed by atoms with van der Waals surface area (Å²) in [6.07, 6.45) is 14.2. The topological polar surface area (TPSA) is 120 Å². The van der Waals surface area contributed by atoms with Gasteiger partial charge in [-0.25, -0.2) is 0 Å². The van der Waals surface area contributed by atoms with Gasteiger partial charge in [0, 0.05) is 13.0 Å². The summed E-state index contributed by atoms with van der Waals surface area (Å²) in [7, 11) is 0. The Morgan fingerprint density at radius 2 is 0.768 bits per heavy atom. The van der Waals surface area contributed by atoms with Crippen molar-refractivity contribution in [2.24, 2.45) is 0 Å². The van der Waals surface area contributed by atoms with Crippen LogP contribution in [-0.4, -0.2) is 123 Å². The van der Waals surface area contributed by atoms with E-state index in [0.29, 0.717) is 111 Å². The average molecular weight is 799 g/mol. The largest absolute Gasteiger partial charge is 0.507 e. The molecule has 0 saturated carbocycles. The molecule has 1 aromatic carbocycles. The minimum absolute atomic E-state index is 0.197. The highest BCUT2D eigenvalue weighted by Crippen LogP contribution is 2.40. The Labute approximate surface area is 341 Å². The lowest BCUT2D eigenvalue weighted by molar-refractivity contribution is -0.145. The van der Waals surface area contributed by atoms with Gasteiger partial charge in [0.2, 0.25) is 0 Å². The highest BCUT2D eigenvalue weighted by Gasteiger charge is 2.26. The molecule has 0 aliphatic rings. The second-order valence-electron chi connectivity index (χ2n) is 16.3. The summed E-state index contributed by atoms with van der Waals surface area (Å²) in [5.74, 6) is 0.0731. The predicted molar refractivity (Wildman–Crippen MR) is 223 cm³/mol. The molecule has 0 aliphatic heterocycles. The van der Waals surface area contributed by atoms with Gasteiger partial charge in [-0.1, -0.05) is 118 Å². The summed E-state index contributed by atoms with van der Waals surface area (Å²) in [5.41, 5.74) is 2.38. The Hall–Kier alpha value is -1.83. The van der Waals surface area contributed by atoms with Crippen molar-refractivity contribution >= 4 is 5.97 Å². The van der Waals surface area contributed by atoms with Gasteiger partial charge in [-0.3, -0.25) is 4.79 Å². The molecule has 0 heterocycles. The van der Waals surface area contributed by atoms with Gasteiger partial charge in [-0.15, -0.1) is 0 Å². The zero-order chi connectivity index (χ0) is 41.2. The van der Waals surface area contributed by atoms with Crippen LogP contribution in [0.1, 0.15) is 136 Å². The summed E-state index contributed by atoms with van der Waals surface area (Å²) in [6.45, 7) is 23.3. The maximum Gasteiger partial charge on any atom is 0.306 e. The van der Waals surface area contributed by atoms with Gasteiger partial charge in [-0.05, 0) is 40.4 Å². The van der Waals surface area contributed by atoms with E-state index in [1.807, 2.05) is 12.1 Å². The first-order valence-corrected chi connectivity index (χ1v) is 21.6. The molecule has 1 N–H and O–H groups in total. The third kappa shape index (κ3) is 29.4. The molecule has 0 amide bonds. The quantitative estimate of drug-likeness (QED) is 0.0512. The molecular formula is C45H82O11. The van der Waals surface area contributed by atoms with Crippen LogP contribution in [-0.2, 0) is 64.7 Å². The number of hydrogen-bond donors (Lipinski definition) is 1. The van der Waals surface area contributed by atoms with E-state index in [4.69, 9.17) is 42.6 Å². The molecule has 1 aromatic rings. The highest BCUT2D eigenvalue weighted by atomic mass is 16.6. The molecule has 0 atom stereocenters. The second kappa shape index (κ2) is 34.1. The SMILES string of the molecule is CCCCCCCCCCCCOCCOCCOCCOCCOCCOCCOCCOCCOC(=O)CCc1cc(C(C)(C)C)c(O)c(C(C)(C)C)c1. The van der Waals surface area contributed by atoms with Gasteiger partial charge in [0.05, 0.1) is 99.1 Å². The fraction of sp³-hybridized carbons (Fsp3) is 0.844. The lowest BCUT2D eigenvalue weighted by Gasteiger charge is -2.28. The van der Waals surface area contributed by atoms with E-state index in [-0.39, 0.29) is 29.8 Å². The van der Waals surface area contributed by atoms with Crippen LogP contribution in [0, 0.1) is 0 Å². The lowest BCUT2D eigenvalue weighted by Crippen LogP contribution is -2.18. The van der Waals surface area contributed by atoms with Crippen molar-refractivity contribution in [3.8, 4) is 5.75 Å². The molecular weight excluding hydrogens is 716 g/mol. The molecule has 0 aliphatic carbocycles. The Bertz CT molecular complexity index is 1030. The fourth-order valence-corrected chi connectivity index (χ4v) is 5.85. The van der Waals surface area contributed by atoms with Crippen LogP contribution < -0.4 is 0 Å². The van der Waals surface area contributed by atoms with Gasteiger partial charge >= 0.3 is 5.97 Å². The van der Waals surface area contributed by atoms with Gasteiger partial charge in [-0.2, -0.15) is 0 Å². The second-order valence-corrected chi connectivity index (χ2v) is 16.3. The standard InChI is InChI=1S/C45H82O11/c1-8-9-10-11-12-13-14-15-16-17-20-48-21-22-49-23-24-50-25-26-51-27-28-52-29-30-53-31-32-54-33-34-55-35-36-56-42(46)19-18-39-37-40(44(2,3)4)43(47)41(38-39)45(5,6)7/h37-38,47H,8-36H2,1-7H3. The fourth-order valence-electron chi connectivity index (χ4n) is 5.85. The number of esters is 1. The first-order valence-electron chi connectivity index (χ1n) is 21.6. The number of unbranched alkanes of at least 4 members (excludes halogenated alkanes) is 9. The number of ether oxygens (including phenoxy) is 9. The van der Waals surface area contributed by atoms with Crippen molar-refractivity contribution in [2.45, 2.75) is 136 Å². The number of phenolic OH excluding ortho intramolecular Hbond substituents is 1. The van der Waals surface area contributed by atoms with Crippen molar-refractivity contribution in [1.29, 1.82) is 0 Å². The number of aryl methyl sites for hydroxylation is 1. The van der Waals surface area contributed by atoms with Crippen LogP contribution in [0.25, 0.3) is 0 Å². The molecule has 0 bridgehead atoms. The first kappa shape index (κ1) is 52.2. The molecule has 0 saturated heterocycles. The number of aromatic hydroxyl groups is 1. The minimum atomic E-state index is -0.269. The monoisotopic (exact) mass is 799 g/mol. The Morgan fingerprint density at radius 1 is 0.464 bits per heavy atom. The summed E-state index contributed by atoms with van der Waals surface area (Å²) in [5, 5.41) is 10.9. The van der Waals surface area contributed by atoms with E-state index in [0.717, 1.165) is 29.7 Å². The third-order valence-corrected chi connectivity index (χ3v) is 9.14. The summed E-state index contributed by atoms with van der Waals surface area (Å²) in [4.78, 5) is 12.3. The molecule has 11 nitrogen and oxygen atoms in total. The molecule has 11 heteroatoms. The van der Waals surface area contributed by atoms with E-state index in [2.05, 4.69) is 48.5 Å². The number of phenols is 1. The molecule has 0 aromatic heterocycles. The van der Waals surface area contributed by atoms with Crippen LogP contribution in [0.3, 0.4) is 0 Å². The number of benzene rings is 1. The average Bonchev–Trinajstić information content (AvgIpc) is 3.15. The van der Waals surface area contributed by atoms with Gasteiger partial charge in [0.15, 0.2) is 0 Å². The smallest absolute Gasteiger partial charge is 0.306 e. The molecule has 0 spiro atoms. The van der Waals surface area contributed by atoms with Crippen LogP contribution in [0.4, 0.5) is 0 Å². The predicted octanol–water partition coefficient (Wildman–Crippen LogP) is 8.52. The highest BCUT2D eigenvalue weighted by molar-refractivity contribution is 5.69. The molecule has 0 radical (unpaired) electrons. The van der Waals surface area contributed by atoms with Crippen LogP contribution in [0.5, 0.6) is 5.75 Å². The minimum Gasteiger partial charge on any atom is -0.507 e. The molecule has 56 heavy (non-hydrogen) atoms. The molecule has 0 unspecified atom stereocenters. The van der Waals surface area contributed by atoms with Crippen LogP contribution >= 0.6 is 0 Å². The number of rotatable bonds is 38. The normalized spacial score (nSPS) is 12.1. The van der Waals surface area contributed by atoms with Crippen LogP contribution in [0.15, 0.2) is 12.1 Å². The Kier molecular flexibility index (Phi) is 31.8. The van der Waals surface area contributed by atoms with Crippen molar-refractivity contribution < 1.29 is 52.5 Å². The van der Waals surface area contributed by atoms with E-state index in [1.165, 1.54) is 57.8 Å². The summed E-state index contributed by atoms with van der Waals surface area (Å²) < 4.78 is 49.7. The van der Waals surface area contributed by atoms with Crippen molar-refractivity contribution in [2.75, 3.05) is 112 Å². The van der Waals surface area contributed by atoms with Crippen molar-refractivity contribution in [3.63, 3.8) is 0 Å². The number of carbonyl (C=O) groups excluding carboxylic acids is 1. The Morgan fingerprint density at radius 3 is 1.11 bits per heavy atom. The van der Waals surface area contributed by atoms with E-state index in [1.54, 1.807) is 0 Å². The van der Waals surface area contributed by atoms with E-state index >= 15 is 0 Å². The summed E-state index contributed by atoms with van der Waals surface area (Å²) >= 11 is 0. The maximum atomic E-state index is 12.3. The van der Waals surface area contributed by atoms with Crippen molar-refractivity contribution in [3.05, 3.63) is 28.8 Å². The Balaban J connectivity index is 1.81. The molecule has 0 fully saturated rings. The van der Waals surface area contributed by atoms with E-state index in [9.17, 15) is 9.90 Å². The third-order valence-electron chi connectivity index (χ3n) is 9.14. The summed E-state index contributed by atoms with van der Waals surface area (Å²) in [6, 6.07) is 4.01. The zero-order valence-electron chi connectivity index (χ0n) is 36.7. The van der Waals surface area contributed by atoms with Crippen LogP contribution in [0.2, 0.25) is 0 Å². The van der Waals surface area contributed by atoms with Gasteiger partial charge in [0.1, 0.15) is 12.4 Å². The number of carbonyl (C=O) groups is 1. The maximum absolute atomic E-state index is 12.3. The molecule has 1 rings (SSSR count). The molecule has 328 valence electrons. The van der Waals surface area contributed by atoms with Crippen molar-refractivity contribution in [1.82, 2.24) is 0 Å². The zero-order valence-corrected chi connectivity index (χ0v) is 36.7. The lowest BCUT2D eigenvalue weighted by atomic mass is 9.78. The van der Waals surface area contributed by atoms with E-state index < -0.39 is 0 Å². The van der Waals surface area contributed by atoms with Gasteiger partial charge in [0.25, 0.3) is 0 Å². The van der Waals surface area contributed by atoms with Gasteiger partial charge < -0.3 is 47.7 Å². The first-order chi connectivity index (χ1) is 27.0. The number of hydrogen-bond acceptors (Lipinski definition) is 11.